The summed E-state index contributed by atoms with van der Waals surface area (Å²) in [4.78, 5) is 2.07. The van der Waals surface area contributed by atoms with E-state index in [4.69, 9.17) is 5.73 Å². The summed E-state index contributed by atoms with van der Waals surface area (Å²) >= 11 is 0. The molecule has 0 heterocycles. The lowest BCUT2D eigenvalue weighted by Crippen LogP contribution is -2.24. The van der Waals surface area contributed by atoms with Gasteiger partial charge in [-0.2, -0.15) is 0 Å². The van der Waals surface area contributed by atoms with Crippen LogP contribution in [-0.2, 0) is 6.42 Å². The van der Waals surface area contributed by atoms with Gasteiger partial charge in [-0.3, -0.25) is 0 Å². The summed E-state index contributed by atoms with van der Waals surface area (Å²) in [5.74, 6) is -0.727. The van der Waals surface area contributed by atoms with E-state index in [0.29, 0.717) is 25.1 Å². The lowest BCUT2D eigenvalue weighted by Gasteiger charge is -2.16. The first-order valence-electron chi connectivity index (χ1n) is 5.46. The third kappa shape index (κ3) is 4.24. The van der Waals surface area contributed by atoms with Crippen molar-refractivity contribution in [2.45, 2.75) is 12.8 Å². The molecule has 1 rings (SSSR count). The van der Waals surface area contributed by atoms with E-state index < -0.39 is 0 Å². The largest absolute Gasteiger partial charge is 0.330 e. The highest BCUT2D eigenvalue weighted by Crippen LogP contribution is 2.10. The second kappa shape index (κ2) is 6.55. The van der Waals surface area contributed by atoms with Crippen molar-refractivity contribution in [1.82, 2.24) is 4.90 Å². The highest BCUT2D eigenvalue weighted by molar-refractivity contribution is 5.18. The van der Waals surface area contributed by atoms with Crippen molar-refractivity contribution in [3.63, 3.8) is 0 Å². The molecule has 0 spiro atoms. The van der Waals surface area contributed by atoms with Gasteiger partial charge >= 0.3 is 0 Å². The molecule has 0 amide bonds. The molecule has 4 heteroatoms. The van der Waals surface area contributed by atoms with Gasteiger partial charge in [0, 0.05) is 6.54 Å². The minimum absolute atomic E-state index is 0.339. The third-order valence-electron chi connectivity index (χ3n) is 2.51. The van der Waals surface area contributed by atoms with Crippen LogP contribution in [0.5, 0.6) is 0 Å². The van der Waals surface area contributed by atoms with Gasteiger partial charge in [-0.05, 0) is 56.7 Å². The van der Waals surface area contributed by atoms with Gasteiger partial charge < -0.3 is 10.6 Å². The predicted molar refractivity (Wildman–Crippen MR) is 61.2 cm³/mol. The molecule has 0 saturated carbocycles. The van der Waals surface area contributed by atoms with Crippen molar-refractivity contribution in [2.24, 2.45) is 5.73 Å². The molecule has 2 N–H and O–H groups in total. The average Bonchev–Trinajstić information content (AvgIpc) is 2.27. The molecule has 0 fully saturated rings. The number of rotatable bonds is 6. The van der Waals surface area contributed by atoms with Crippen LogP contribution in [0.25, 0.3) is 0 Å². The summed E-state index contributed by atoms with van der Waals surface area (Å²) in [6, 6.07) is 3.56. The SMILES string of the molecule is CN(CCCN)CCc1cc(F)ccc1F. The number of hydrogen-bond donors (Lipinski definition) is 1. The van der Waals surface area contributed by atoms with Gasteiger partial charge in [-0.15, -0.1) is 0 Å². The fourth-order valence-electron chi connectivity index (χ4n) is 1.52. The second-order valence-electron chi connectivity index (χ2n) is 3.93. The predicted octanol–water partition coefficient (Wildman–Crippen LogP) is 1.79. The van der Waals surface area contributed by atoms with Crippen LogP contribution in [-0.4, -0.2) is 31.6 Å². The average molecular weight is 228 g/mol. The minimum Gasteiger partial charge on any atom is -0.330 e. The zero-order valence-corrected chi connectivity index (χ0v) is 9.55. The topological polar surface area (TPSA) is 29.3 Å². The molecule has 0 unspecified atom stereocenters. The monoisotopic (exact) mass is 228 g/mol. The first kappa shape index (κ1) is 13.1. The minimum atomic E-state index is -0.388. The zero-order chi connectivity index (χ0) is 12.0. The Kier molecular flexibility index (Phi) is 5.35. The fraction of sp³-hybridized carbons (Fsp3) is 0.500. The molecule has 0 radical (unpaired) electrons. The normalized spacial score (nSPS) is 11.1. The summed E-state index contributed by atoms with van der Waals surface area (Å²) in [7, 11) is 1.95. The van der Waals surface area contributed by atoms with Gasteiger partial charge in [-0.1, -0.05) is 0 Å². The first-order valence-corrected chi connectivity index (χ1v) is 5.46. The van der Waals surface area contributed by atoms with E-state index in [2.05, 4.69) is 4.90 Å². The summed E-state index contributed by atoms with van der Waals surface area (Å²) < 4.78 is 26.1. The van der Waals surface area contributed by atoms with Crippen LogP contribution in [0.15, 0.2) is 18.2 Å². The standard InChI is InChI=1S/C12H18F2N2/c1-16(7-2-6-15)8-5-10-9-11(13)3-4-12(10)14/h3-4,9H,2,5-8,15H2,1H3. The molecule has 16 heavy (non-hydrogen) atoms. The van der Waals surface area contributed by atoms with E-state index in [9.17, 15) is 8.78 Å². The summed E-state index contributed by atoms with van der Waals surface area (Å²) in [6.45, 7) is 2.24. The highest BCUT2D eigenvalue weighted by atomic mass is 19.1. The van der Waals surface area contributed by atoms with Gasteiger partial charge in [0.2, 0.25) is 0 Å². The Morgan fingerprint density at radius 1 is 1.25 bits per heavy atom. The van der Waals surface area contributed by atoms with E-state index >= 15 is 0 Å². The van der Waals surface area contributed by atoms with Crippen LogP contribution in [0.3, 0.4) is 0 Å². The van der Waals surface area contributed by atoms with Crippen molar-refractivity contribution >= 4 is 0 Å². The van der Waals surface area contributed by atoms with E-state index in [-0.39, 0.29) is 11.6 Å². The zero-order valence-electron chi connectivity index (χ0n) is 9.55. The lowest BCUT2D eigenvalue weighted by molar-refractivity contribution is 0.334. The van der Waals surface area contributed by atoms with Gasteiger partial charge in [0.05, 0.1) is 0 Å². The van der Waals surface area contributed by atoms with Crippen LogP contribution >= 0.6 is 0 Å². The Morgan fingerprint density at radius 2 is 2.00 bits per heavy atom. The van der Waals surface area contributed by atoms with E-state index in [1.165, 1.54) is 12.1 Å². The van der Waals surface area contributed by atoms with Crippen molar-refractivity contribution in [3.8, 4) is 0 Å². The maximum absolute atomic E-state index is 13.3. The molecule has 0 aliphatic heterocycles. The number of likely N-dealkylation sites (N-methyl/N-ethyl adjacent to an activating group) is 1. The maximum atomic E-state index is 13.3. The van der Waals surface area contributed by atoms with Crippen molar-refractivity contribution in [2.75, 3.05) is 26.7 Å². The van der Waals surface area contributed by atoms with Crippen molar-refractivity contribution in [3.05, 3.63) is 35.4 Å². The quantitative estimate of drug-likeness (QED) is 0.804. The molecule has 2 nitrogen and oxygen atoms in total. The molecule has 90 valence electrons. The summed E-state index contributed by atoms with van der Waals surface area (Å²) in [6.07, 6.45) is 1.44. The summed E-state index contributed by atoms with van der Waals surface area (Å²) in [5, 5.41) is 0. The molecule has 1 aromatic carbocycles. The maximum Gasteiger partial charge on any atom is 0.126 e. The van der Waals surface area contributed by atoms with Crippen LogP contribution in [0.1, 0.15) is 12.0 Å². The molecule has 0 atom stereocenters. The van der Waals surface area contributed by atoms with Crippen LogP contribution in [0.4, 0.5) is 8.78 Å². The van der Waals surface area contributed by atoms with Crippen molar-refractivity contribution in [1.29, 1.82) is 0 Å². The molecular formula is C12H18F2N2. The molecule has 0 aliphatic rings. The van der Waals surface area contributed by atoms with Gasteiger partial charge in [0.25, 0.3) is 0 Å². The second-order valence-corrected chi connectivity index (χ2v) is 3.93. The number of halogens is 2. The Balaban J connectivity index is 2.44. The van der Waals surface area contributed by atoms with Crippen LogP contribution in [0, 0.1) is 11.6 Å². The first-order chi connectivity index (χ1) is 7.63. The Labute approximate surface area is 95.1 Å². The molecule has 0 aromatic heterocycles. The number of nitrogens with two attached hydrogens (primary N) is 1. The smallest absolute Gasteiger partial charge is 0.126 e. The fourth-order valence-corrected chi connectivity index (χ4v) is 1.52. The van der Waals surface area contributed by atoms with E-state index in [0.717, 1.165) is 19.0 Å². The lowest BCUT2D eigenvalue weighted by atomic mass is 10.1. The van der Waals surface area contributed by atoms with Crippen molar-refractivity contribution < 1.29 is 8.78 Å². The van der Waals surface area contributed by atoms with Gasteiger partial charge in [0.15, 0.2) is 0 Å². The number of nitrogens with zero attached hydrogens (tertiary/aromatic N) is 1. The third-order valence-corrected chi connectivity index (χ3v) is 2.51. The molecular weight excluding hydrogens is 210 g/mol. The molecule has 1 aromatic rings. The Hall–Kier alpha value is -1.00. The summed E-state index contributed by atoms with van der Waals surface area (Å²) in [5.41, 5.74) is 5.82. The van der Waals surface area contributed by atoms with Crippen LogP contribution < -0.4 is 5.73 Å². The molecule has 0 aliphatic carbocycles. The Bertz CT molecular complexity index is 329. The van der Waals surface area contributed by atoms with E-state index in [1.807, 2.05) is 7.05 Å². The van der Waals surface area contributed by atoms with Crippen LogP contribution in [0.2, 0.25) is 0 Å². The van der Waals surface area contributed by atoms with Gasteiger partial charge in [0.1, 0.15) is 11.6 Å². The Morgan fingerprint density at radius 3 is 2.69 bits per heavy atom. The number of benzene rings is 1. The molecule has 0 saturated heterocycles. The molecule has 0 bridgehead atoms. The van der Waals surface area contributed by atoms with Gasteiger partial charge in [-0.25, -0.2) is 8.78 Å². The highest BCUT2D eigenvalue weighted by Gasteiger charge is 2.05. The number of hydrogen-bond acceptors (Lipinski definition) is 2. The van der Waals surface area contributed by atoms with E-state index in [1.54, 1.807) is 0 Å².